The number of benzene rings is 2. The number of fused-ring (bicyclic) bond motifs is 1. The topological polar surface area (TPSA) is 42.3 Å². The number of nitrogens with zero attached hydrogens (tertiary/aromatic N) is 2. The number of halogens is 2. The third-order valence-electron chi connectivity index (χ3n) is 5.51. The largest absolute Gasteiger partial charge is 0.344 e. The molecule has 7 heteroatoms. The van der Waals surface area contributed by atoms with Crippen LogP contribution in [0.5, 0.6) is 0 Å². The van der Waals surface area contributed by atoms with Crippen LogP contribution in [0.3, 0.4) is 0 Å². The van der Waals surface area contributed by atoms with Crippen LogP contribution in [0.25, 0.3) is 10.9 Å². The molecule has 0 unspecified atom stereocenters. The van der Waals surface area contributed by atoms with Gasteiger partial charge in [0.1, 0.15) is 5.82 Å². The summed E-state index contributed by atoms with van der Waals surface area (Å²) >= 11 is 0. The highest BCUT2D eigenvalue weighted by molar-refractivity contribution is 7.91. The highest BCUT2D eigenvalue weighted by Gasteiger charge is 2.22. The van der Waals surface area contributed by atoms with E-state index in [1.165, 1.54) is 18.2 Å². The molecule has 0 saturated carbocycles. The number of aromatic nitrogens is 1. The summed E-state index contributed by atoms with van der Waals surface area (Å²) in [6, 6.07) is 12.7. The molecule has 1 fully saturated rings. The Hall–Kier alpha value is -1.89. The maximum absolute atomic E-state index is 13.5. The summed E-state index contributed by atoms with van der Waals surface area (Å²) in [4.78, 5) is 2.62. The maximum Gasteiger partial charge on any atom is 0.206 e. The number of piperidine rings is 1. The second kappa shape index (κ2) is 8.23. The van der Waals surface area contributed by atoms with Gasteiger partial charge in [0.15, 0.2) is 0 Å². The van der Waals surface area contributed by atoms with E-state index in [4.69, 9.17) is 0 Å². The second-order valence-corrected chi connectivity index (χ2v) is 9.02. The molecule has 1 aliphatic rings. The Morgan fingerprint density at radius 2 is 1.75 bits per heavy atom. The van der Waals surface area contributed by atoms with Gasteiger partial charge in [-0.15, -0.1) is 12.4 Å². The van der Waals surface area contributed by atoms with Crippen molar-refractivity contribution in [2.24, 2.45) is 0 Å². The number of likely N-dealkylation sites (tertiary alicyclic amines) is 1. The molecule has 150 valence electrons. The molecule has 2 heterocycles. The van der Waals surface area contributed by atoms with Gasteiger partial charge in [0.2, 0.25) is 9.84 Å². The van der Waals surface area contributed by atoms with Crippen molar-refractivity contribution >= 4 is 33.1 Å². The minimum Gasteiger partial charge on any atom is -0.344 e. The van der Waals surface area contributed by atoms with Crippen LogP contribution in [0.2, 0.25) is 0 Å². The van der Waals surface area contributed by atoms with E-state index < -0.39 is 15.7 Å². The first-order valence-electron chi connectivity index (χ1n) is 9.32. The molecule has 28 heavy (non-hydrogen) atoms. The highest BCUT2D eigenvalue weighted by atomic mass is 35.5. The highest BCUT2D eigenvalue weighted by Crippen LogP contribution is 2.30. The molecule has 0 N–H and O–H groups in total. The summed E-state index contributed by atoms with van der Waals surface area (Å²) in [5.74, 6) is -0.554. The standard InChI is InChI=1S/C21H23FN2O2S.ClH/c1-2-23-11-9-18(10-12-23)24-13-8-16-14-20(6-7-21(16)24)27(25,26)19-5-3-4-17(22)15-19;/h3-8,13-15,18H,2,9-12H2,1H3;1H. The number of hydrogen-bond acceptors (Lipinski definition) is 3. The first kappa shape index (κ1) is 20.8. The molecule has 0 bridgehead atoms. The van der Waals surface area contributed by atoms with E-state index in [0.717, 1.165) is 49.4 Å². The van der Waals surface area contributed by atoms with Gasteiger partial charge in [0.25, 0.3) is 0 Å². The third-order valence-corrected chi connectivity index (χ3v) is 7.26. The number of hydrogen-bond donors (Lipinski definition) is 0. The zero-order chi connectivity index (χ0) is 19.0. The van der Waals surface area contributed by atoms with Crippen molar-refractivity contribution in [1.29, 1.82) is 0 Å². The Morgan fingerprint density at radius 3 is 2.43 bits per heavy atom. The molecule has 3 aromatic rings. The molecule has 1 aliphatic heterocycles. The molecular formula is C21H24ClFN2O2S. The smallest absolute Gasteiger partial charge is 0.206 e. The van der Waals surface area contributed by atoms with E-state index in [9.17, 15) is 12.8 Å². The normalized spacial score (nSPS) is 16.2. The summed E-state index contributed by atoms with van der Waals surface area (Å²) < 4.78 is 41.4. The van der Waals surface area contributed by atoms with Crippen molar-refractivity contribution in [3.8, 4) is 0 Å². The molecule has 0 atom stereocenters. The molecule has 1 saturated heterocycles. The Labute approximate surface area is 171 Å². The Morgan fingerprint density at radius 1 is 1.04 bits per heavy atom. The van der Waals surface area contributed by atoms with Gasteiger partial charge in [-0.05, 0) is 61.9 Å². The first-order chi connectivity index (χ1) is 13.0. The summed E-state index contributed by atoms with van der Waals surface area (Å²) in [6.45, 7) is 5.45. The van der Waals surface area contributed by atoms with Gasteiger partial charge in [0.05, 0.1) is 9.79 Å². The van der Waals surface area contributed by atoms with Crippen LogP contribution in [0, 0.1) is 5.82 Å². The van der Waals surface area contributed by atoms with Crippen molar-refractivity contribution in [2.75, 3.05) is 19.6 Å². The molecule has 2 aromatic carbocycles. The molecule has 4 rings (SSSR count). The molecule has 4 nitrogen and oxygen atoms in total. The van der Waals surface area contributed by atoms with E-state index in [-0.39, 0.29) is 22.2 Å². The van der Waals surface area contributed by atoms with Gasteiger partial charge in [-0.1, -0.05) is 13.0 Å². The van der Waals surface area contributed by atoms with Gasteiger partial charge in [-0.25, -0.2) is 12.8 Å². The average Bonchev–Trinajstić information content (AvgIpc) is 3.11. The second-order valence-electron chi connectivity index (χ2n) is 7.07. The minimum absolute atomic E-state index is 0. The van der Waals surface area contributed by atoms with Gasteiger partial charge < -0.3 is 9.47 Å². The summed E-state index contributed by atoms with van der Waals surface area (Å²) in [7, 11) is -3.74. The van der Waals surface area contributed by atoms with Gasteiger partial charge in [-0.3, -0.25) is 0 Å². The van der Waals surface area contributed by atoms with Crippen molar-refractivity contribution in [3.05, 3.63) is 60.5 Å². The van der Waals surface area contributed by atoms with Crippen LogP contribution >= 0.6 is 12.4 Å². The Bertz CT molecular complexity index is 1070. The monoisotopic (exact) mass is 422 g/mol. The maximum atomic E-state index is 13.5. The fraction of sp³-hybridized carbons (Fsp3) is 0.333. The van der Waals surface area contributed by atoms with E-state index in [0.29, 0.717) is 6.04 Å². The van der Waals surface area contributed by atoms with Crippen LogP contribution in [0.15, 0.2) is 64.5 Å². The summed E-state index contributed by atoms with van der Waals surface area (Å²) in [5, 5.41) is 0.894. The van der Waals surface area contributed by atoms with Gasteiger partial charge in [-0.2, -0.15) is 0 Å². The molecular weight excluding hydrogens is 399 g/mol. The summed E-state index contributed by atoms with van der Waals surface area (Å²) in [5.41, 5.74) is 1.04. The quantitative estimate of drug-likeness (QED) is 0.612. The fourth-order valence-corrected chi connectivity index (χ4v) is 5.24. The van der Waals surface area contributed by atoms with E-state index in [2.05, 4.69) is 22.6 Å². The zero-order valence-corrected chi connectivity index (χ0v) is 17.3. The van der Waals surface area contributed by atoms with Crippen molar-refractivity contribution in [2.45, 2.75) is 35.6 Å². The lowest BCUT2D eigenvalue weighted by molar-refractivity contribution is 0.197. The van der Waals surface area contributed by atoms with Crippen molar-refractivity contribution < 1.29 is 12.8 Å². The fourth-order valence-electron chi connectivity index (χ4n) is 3.91. The molecule has 0 aliphatic carbocycles. The Kier molecular flexibility index (Phi) is 6.12. The lowest BCUT2D eigenvalue weighted by atomic mass is 10.0. The summed E-state index contributed by atoms with van der Waals surface area (Å²) in [6.07, 6.45) is 4.25. The lowest BCUT2D eigenvalue weighted by Crippen LogP contribution is -2.34. The molecule has 0 spiro atoms. The number of rotatable bonds is 4. The first-order valence-corrected chi connectivity index (χ1v) is 10.8. The van der Waals surface area contributed by atoms with Crippen LogP contribution in [-0.4, -0.2) is 37.5 Å². The Balaban J connectivity index is 0.00000225. The van der Waals surface area contributed by atoms with Crippen LogP contribution < -0.4 is 0 Å². The molecule has 1 aromatic heterocycles. The number of sulfone groups is 1. The average molecular weight is 423 g/mol. The van der Waals surface area contributed by atoms with Crippen molar-refractivity contribution in [1.82, 2.24) is 9.47 Å². The minimum atomic E-state index is -3.74. The van der Waals surface area contributed by atoms with Crippen molar-refractivity contribution in [3.63, 3.8) is 0 Å². The van der Waals surface area contributed by atoms with E-state index in [1.807, 2.05) is 12.1 Å². The van der Waals surface area contributed by atoms with Crippen LogP contribution in [-0.2, 0) is 9.84 Å². The van der Waals surface area contributed by atoms with Crippen LogP contribution in [0.4, 0.5) is 4.39 Å². The lowest BCUT2D eigenvalue weighted by Gasteiger charge is -2.32. The SMILES string of the molecule is CCN1CCC(n2ccc3cc(S(=O)(=O)c4cccc(F)c4)ccc32)CC1.Cl. The van der Waals surface area contributed by atoms with E-state index in [1.54, 1.807) is 12.1 Å². The molecule has 0 radical (unpaired) electrons. The predicted octanol–water partition coefficient (Wildman–Crippen LogP) is 4.69. The van der Waals surface area contributed by atoms with E-state index >= 15 is 0 Å². The predicted molar refractivity (Wildman–Crippen MR) is 111 cm³/mol. The zero-order valence-electron chi connectivity index (χ0n) is 15.7. The molecule has 0 amide bonds. The van der Waals surface area contributed by atoms with Crippen LogP contribution in [0.1, 0.15) is 25.8 Å². The van der Waals surface area contributed by atoms with Gasteiger partial charge in [0, 0.05) is 36.2 Å². The van der Waals surface area contributed by atoms with Gasteiger partial charge >= 0.3 is 0 Å². The third kappa shape index (κ3) is 3.81.